The van der Waals surface area contributed by atoms with Gasteiger partial charge in [0.25, 0.3) is 0 Å². The van der Waals surface area contributed by atoms with Crippen LogP contribution in [0.2, 0.25) is 0 Å². The average molecular weight is 255 g/mol. The van der Waals surface area contributed by atoms with Crippen LogP contribution >= 0.6 is 8.25 Å². The molecule has 0 amide bonds. The third-order valence-corrected chi connectivity index (χ3v) is 2.02. The van der Waals surface area contributed by atoms with Crippen molar-refractivity contribution in [3.63, 3.8) is 0 Å². The molecule has 0 aromatic heterocycles. The molecule has 4 N–H and O–H groups in total. The summed E-state index contributed by atoms with van der Waals surface area (Å²) in [5.74, 6) is 0. The zero-order chi connectivity index (χ0) is 9.23. The summed E-state index contributed by atoms with van der Waals surface area (Å²) in [5, 5.41) is 0. The molecule has 0 bridgehead atoms. The van der Waals surface area contributed by atoms with Crippen molar-refractivity contribution in [2.45, 2.75) is 12.8 Å². The van der Waals surface area contributed by atoms with Crippen molar-refractivity contribution in [3.8, 4) is 0 Å². The predicted molar refractivity (Wildman–Crippen MR) is 48.2 cm³/mol. The second kappa shape index (κ2) is 12.6. The maximum absolute atomic E-state index is 10.4. The summed E-state index contributed by atoms with van der Waals surface area (Å²) >= 11 is 0. The Morgan fingerprint density at radius 2 is 1.46 bits per heavy atom. The smallest absolute Gasteiger partial charge is 0.319 e. The van der Waals surface area contributed by atoms with Crippen LogP contribution in [-0.2, 0) is 30.1 Å². The fraction of sp³-hybridized carbons (Fsp3) is 1.00. The van der Waals surface area contributed by atoms with Crippen LogP contribution in [0.5, 0.6) is 0 Å². The van der Waals surface area contributed by atoms with Gasteiger partial charge in [0.05, 0.1) is 13.2 Å². The van der Waals surface area contributed by atoms with E-state index in [-0.39, 0.29) is 16.5 Å². The van der Waals surface area contributed by atoms with Gasteiger partial charge in [-0.1, -0.05) is 0 Å². The minimum absolute atomic E-state index is 0. The van der Waals surface area contributed by atoms with Crippen LogP contribution in [0.3, 0.4) is 0 Å². The third kappa shape index (κ3) is 12.6. The van der Waals surface area contributed by atoms with Gasteiger partial charge in [-0.05, 0) is 12.8 Å². The Balaban J connectivity index is 0. The van der Waals surface area contributed by atoms with Gasteiger partial charge in [0, 0.05) is 29.6 Å². The zero-order valence-electron chi connectivity index (χ0n) is 7.44. The van der Waals surface area contributed by atoms with Crippen LogP contribution in [0.1, 0.15) is 12.8 Å². The predicted octanol–water partition coefficient (Wildman–Crippen LogP) is 0.104. The molecule has 0 radical (unpaired) electrons. The van der Waals surface area contributed by atoms with E-state index in [1.165, 1.54) is 0 Å². The Kier molecular flexibility index (Phi) is 15.5. The summed E-state index contributed by atoms with van der Waals surface area (Å²) in [6.45, 7) is 2.38. The molecular formula is C6H17N2NiO3P. The Bertz CT molecular complexity index is 116. The average Bonchev–Trinajstić information content (AvgIpc) is 2.33. The second-order valence-electron chi connectivity index (χ2n) is 2.23. The van der Waals surface area contributed by atoms with Gasteiger partial charge in [-0.15, -0.1) is 0 Å². The first-order valence-corrected chi connectivity index (χ1v) is 5.23. The molecule has 1 fully saturated rings. The maximum Gasteiger partial charge on any atom is 0.319 e. The minimum Gasteiger partial charge on any atom is -0.329 e. The Morgan fingerprint density at radius 1 is 1.08 bits per heavy atom. The first kappa shape index (κ1) is 16.0. The molecule has 1 heterocycles. The molecule has 0 unspecified atom stereocenters. The van der Waals surface area contributed by atoms with Crippen LogP contribution in [0.25, 0.3) is 0 Å². The van der Waals surface area contributed by atoms with Crippen molar-refractivity contribution in [3.05, 3.63) is 0 Å². The topological polar surface area (TPSA) is 87.6 Å². The molecule has 1 aliphatic heterocycles. The van der Waals surface area contributed by atoms with Crippen LogP contribution in [0.15, 0.2) is 0 Å². The second-order valence-corrected chi connectivity index (χ2v) is 3.31. The van der Waals surface area contributed by atoms with Gasteiger partial charge in [0.2, 0.25) is 0 Å². The molecule has 84 valence electrons. The molecule has 0 saturated carbocycles. The van der Waals surface area contributed by atoms with E-state index < -0.39 is 8.25 Å². The third-order valence-electron chi connectivity index (χ3n) is 1.15. The molecule has 0 aromatic carbocycles. The molecule has 5 nitrogen and oxygen atoms in total. The van der Waals surface area contributed by atoms with E-state index in [2.05, 4.69) is 0 Å². The number of nitrogens with two attached hydrogens (primary N) is 2. The minimum atomic E-state index is -2.08. The quantitative estimate of drug-likeness (QED) is 0.512. The van der Waals surface area contributed by atoms with E-state index in [0.717, 1.165) is 12.8 Å². The van der Waals surface area contributed by atoms with Crippen molar-refractivity contribution >= 4 is 8.25 Å². The van der Waals surface area contributed by atoms with E-state index in [9.17, 15) is 4.57 Å². The van der Waals surface area contributed by atoms with Gasteiger partial charge in [-0.25, -0.2) is 0 Å². The monoisotopic (exact) mass is 254 g/mol. The number of hydrogen-bond acceptors (Lipinski definition) is 5. The van der Waals surface area contributed by atoms with E-state index in [1.54, 1.807) is 0 Å². The van der Waals surface area contributed by atoms with Gasteiger partial charge < -0.3 is 20.5 Å². The van der Waals surface area contributed by atoms with Crippen molar-refractivity contribution in [2.24, 2.45) is 11.5 Å². The van der Waals surface area contributed by atoms with Crippen molar-refractivity contribution in [1.82, 2.24) is 0 Å². The van der Waals surface area contributed by atoms with Gasteiger partial charge in [-0.2, -0.15) is 0 Å². The molecule has 7 heteroatoms. The fourth-order valence-electron chi connectivity index (χ4n) is 0.557. The van der Waals surface area contributed by atoms with E-state index in [0.29, 0.717) is 26.3 Å². The van der Waals surface area contributed by atoms with Gasteiger partial charge in [0.15, 0.2) is 0 Å². The number of hydrogen-bond donors (Lipinski definition) is 2. The molecule has 0 spiro atoms. The molecule has 1 rings (SSSR count). The Morgan fingerprint density at radius 3 is 1.77 bits per heavy atom. The summed E-state index contributed by atoms with van der Waals surface area (Å²) in [6.07, 6.45) is 1.94. The van der Waals surface area contributed by atoms with Crippen molar-refractivity contribution < 1.29 is 30.1 Å². The SMILES string of the molecule is NCCN.O=[PH]1OCCCCO1.[Ni]. The first-order valence-electron chi connectivity index (χ1n) is 4.01. The normalized spacial score (nSPS) is 17.7. The Hall–Kier alpha value is 0.564. The molecule has 1 aliphatic rings. The van der Waals surface area contributed by atoms with Gasteiger partial charge in [-0.3, -0.25) is 4.57 Å². The van der Waals surface area contributed by atoms with E-state index in [4.69, 9.17) is 20.5 Å². The van der Waals surface area contributed by atoms with Crippen molar-refractivity contribution in [1.29, 1.82) is 0 Å². The summed E-state index contributed by atoms with van der Waals surface area (Å²) in [7, 11) is -2.08. The summed E-state index contributed by atoms with van der Waals surface area (Å²) in [4.78, 5) is 0. The summed E-state index contributed by atoms with van der Waals surface area (Å²) < 4.78 is 19.9. The fourth-order valence-corrected chi connectivity index (χ4v) is 1.26. The maximum atomic E-state index is 10.4. The van der Waals surface area contributed by atoms with Gasteiger partial charge >= 0.3 is 8.25 Å². The molecule has 1 saturated heterocycles. The molecule has 13 heavy (non-hydrogen) atoms. The molecule has 0 aromatic rings. The Labute approximate surface area is 89.4 Å². The van der Waals surface area contributed by atoms with E-state index >= 15 is 0 Å². The molecular weight excluding hydrogens is 238 g/mol. The largest absolute Gasteiger partial charge is 0.329 e. The molecule has 0 atom stereocenters. The van der Waals surface area contributed by atoms with Crippen LogP contribution in [0, 0.1) is 0 Å². The van der Waals surface area contributed by atoms with Crippen LogP contribution in [0.4, 0.5) is 0 Å². The first-order chi connectivity index (χ1) is 5.81. The van der Waals surface area contributed by atoms with Gasteiger partial charge in [0.1, 0.15) is 0 Å². The van der Waals surface area contributed by atoms with Crippen LogP contribution in [-0.4, -0.2) is 26.3 Å². The standard InChI is InChI=1S/C4H9O3P.C2H8N2.Ni/c5-8-6-3-1-2-4-7-8;3-1-2-4;/h8H,1-4H2;1-4H2;. The number of rotatable bonds is 1. The molecule has 0 aliphatic carbocycles. The summed E-state index contributed by atoms with van der Waals surface area (Å²) in [6, 6.07) is 0. The summed E-state index contributed by atoms with van der Waals surface area (Å²) in [5.41, 5.74) is 9.81. The van der Waals surface area contributed by atoms with Crippen molar-refractivity contribution in [2.75, 3.05) is 26.3 Å². The zero-order valence-corrected chi connectivity index (χ0v) is 9.43. The van der Waals surface area contributed by atoms with Crippen LogP contribution < -0.4 is 11.5 Å². The van der Waals surface area contributed by atoms with E-state index in [1.807, 2.05) is 0 Å².